The molecule has 6 saturated heterocycles. The fraction of sp³-hybridized carbons (Fsp3) is 0.975. The van der Waals surface area contributed by atoms with Crippen molar-refractivity contribution in [3.05, 3.63) is 0 Å². The maximum atomic E-state index is 11.7. The smallest absolute Gasteiger partial charge is 0.550 e. The summed E-state index contributed by atoms with van der Waals surface area (Å²) in [6.45, 7) is 20.9. The molecule has 6 aliphatic rings. The van der Waals surface area contributed by atoms with Gasteiger partial charge in [-0.25, -0.2) is 0 Å². The number of hydrogen-bond donors (Lipinski definition) is 1. The van der Waals surface area contributed by atoms with Gasteiger partial charge in [0.15, 0.2) is 11.6 Å². The molecule has 6 rings (SSSR count). The molecule has 51 heavy (non-hydrogen) atoms. The first kappa shape index (κ1) is 42.3. The Labute approximate surface area is 329 Å². The molecule has 11 heteroatoms. The summed E-state index contributed by atoms with van der Waals surface area (Å²) in [5, 5.41) is 22.7. The van der Waals surface area contributed by atoms with Crippen molar-refractivity contribution in [2.75, 3.05) is 7.11 Å². The van der Waals surface area contributed by atoms with Crippen molar-refractivity contribution in [1.82, 2.24) is 0 Å². The Morgan fingerprint density at radius 3 is 2.24 bits per heavy atom. The Morgan fingerprint density at radius 1 is 0.863 bits per heavy atom. The molecular weight excluding hydrogens is 663 g/mol. The van der Waals surface area contributed by atoms with Crippen LogP contribution in [-0.2, 0) is 38.0 Å². The van der Waals surface area contributed by atoms with Crippen LogP contribution in [0.5, 0.6) is 0 Å². The topological polar surface area (TPSA) is 125 Å². The molecule has 1 N–H and O–H groups in total. The maximum Gasteiger partial charge on any atom is 1.00 e. The molecule has 0 saturated carbocycles. The molecule has 6 fully saturated rings. The standard InChI is InChI=1S/C40H68O10.Na/c1-21-12-13-28(45-33(21)26(6)36(41)42)18-29-19-30(44-11)27(7)40(47-29)25(5)20-38(9,50-40)32-14-15-37(8,48-32)35-23(3)17-31(46-35)34-22(2)16-24(4)39(10,43)49-34;/h21-35,43H,12-20H2,1-11H3,(H,41,42);/q;+1/p-1. The Balaban J connectivity index is 0.00000504. The van der Waals surface area contributed by atoms with E-state index in [9.17, 15) is 15.0 Å². The van der Waals surface area contributed by atoms with Crippen molar-refractivity contribution in [1.29, 1.82) is 0 Å². The van der Waals surface area contributed by atoms with Gasteiger partial charge in [0.05, 0.1) is 60.0 Å². The van der Waals surface area contributed by atoms with Gasteiger partial charge in [-0.2, -0.15) is 0 Å². The summed E-state index contributed by atoms with van der Waals surface area (Å²) < 4.78 is 47.1. The summed E-state index contributed by atoms with van der Waals surface area (Å²) >= 11 is 0. The van der Waals surface area contributed by atoms with Crippen molar-refractivity contribution in [3.63, 3.8) is 0 Å². The monoisotopic (exact) mass is 730 g/mol. The summed E-state index contributed by atoms with van der Waals surface area (Å²) in [5.74, 6) is -2.80. The predicted molar refractivity (Wildman–Crippen MR) is 185 cm³/mol. The van der Waals surface area contributed by atoms with Crippen LogP contribution in [0.15, 0.2) is 0 Å². The molecule has 0 aromatic rings. The van der Waals surface area contributed by atoms with E-state index in [-0.39, 0.29) is 108 Å². The van der Waals surface area contributed by atoms with E-state index in [2.05, 4.69) is 55.4 Å². The number of methoxy groups -OCH3 is 1. The zero-order valence-corrected chi connectivity index (χ0v) is 35.6. The van der Waals surface area contributed by atoms with Crippen molar-refractivity contribution >= 4 is 5.97 Å². The quantitative estimate of drug-likeness (QED) is 0.373. The van der Waals surface area contributed by atoms with Crippen LogP contribution in [0.1, 0.15) is 127 Å². The van der Waals surface area contributed by atoms with Crippen molar-refractivity contribution in [3.8, 4) is 0 Å². The van der Waals surface area contributed by atoms with E-state index < -0.39 is 34.7 Å². The van der Waals surface area contributed by atoms with E-state index >= 15 is 0 Å². The van der Waals surface area contributed by atoms with Crippen LogP contribution in [0.3, 0.4) is 0 Å². The summed E-state index contributed by atoms with van der Waals surface area (Å²) in [4.78, 5) is 11.7. The molecule has 6 heterocycles. The number of aliphatic hydroxyl groups is 1. The number of hydrogen-bond acceptors (Lipinski definition) is 10. The van der Waals surface area contributed by atoms with Crippen molar-refractivity contribution in [2.45, 2.75) is 199 Å². The minimum atomic E-state index is -1.15. The molecule has 0 aromatic heterocycles. The van der Waals surface area contributed by atoms with Gasteiger partial charge in [-0.3, -0.25) is 0 Å². The van der Waals surface area contributed by atoms with Gasteiger partial charge in [0, 0.05) is 49.6 Å². The van der Waals surface area contributed by atoms with Gasteiger partial charge in [-0.1, -0.05) is 48.5 Å². The molecule has 19 atom stereocenters. The number of carbonyl (C=O) groups excluding carboxylic acids is 1. The largest absolute Gasteiger partial charge is 1.00 e. The van der Waals surface area contributed by atoms with Gasteiger partial charge >= 0.3 is 29.6 Å². The number of aliphatic carboxylic acids is 1. The second kappa shape index (κ2) is 15.6. The number of ether oxygens (including phenoxy) is 7. The van der Waals surface area contributed by atoms with Crippen LogP contribution in [0.2, 0.25) is 0 Å². The van der Waals surface area contributed by atoms with Crippen LogP contribution in [0, 0.1) is 41.4 Å². The van der Waals surface area contributed by atoms with Gasteiger partial charge < -0.3 is 48.2 Å². The minimum Gasteiger partial charge on any atom is -0.550 e. The first-order chi connectivity index (χ1) is 23.3. The average Bonchev–Trinajstić information content (AvgIpc) is 3.72. The Morgan fingerprint density at radius 2 is 1.57 bits per heavy atom. The Bertz CT molecular complexity index is 1220. The normalized spacial score (nSPS) is 54.0. The molecule has 0 radical (unpaired) electrons. The fourth-order valence-electron chi connectivity index (χ4n) is 11.2. The zero-order valence-electron chi connectivity index (χ0n) is 33.6. The number of carbonyl (C=O) groups is 1. The minimum absolute atomic E-state index is 0. The molecule has 0 amide bonds. The number of carboxylic acids is 1. The summed E-state index contributed by atoms with van der Waals surface area (Å²) in [7, 11) is 1.77. The third-order valence-electron chi connectivity index (χ3n) is 14.4. The van der Waals surface area contributed by atoms with E-state index in [1.54, 1.807) is 21.0 Å². The average molecular weight is 731 g/mol. The second-order valence-corrected chi connectivity index (χ2v) is 18.4. The SMILES string of the molecule is COC1CC(CC2CCC(C)C(C(C)C(=O)[O-])O2)OC2(OC(C)(C3CCC(C)(C4OC(C5OC(C)(O)C(C)CC5C)CC4C)O3)CC2C)C1C.[Na+]. The number of rotatable bonds is 8. The summed E-state index contributed by atoms with van der Waals surface area (Å²) in [6, 6.07) is 0. The van der Waals surface area contributed by atoms with Gasteiger partial charge in [0.2, 0.25) is 0 Å². The second-order valence-electron chi connectivity index (χ2n) is 18.4. The molecule has 1 spiro atoms. The first-order valence-electron chi connectivity index (χ1n) is 19.8. The number of carboxylic acid groups (broad SMARTS) is 1. The molecule has 0 aliphatic carbocycles. The zero-order chi connectivity index (χ0) is 36.6. The molecule has 6 aliphatic heterocycles. The van der Waals surface area contributed by atoms with Gasteiger partial charge in [-0.05, 0) is 83.5 Å². The van der Waals surface area contributed by atoms with Crippen molar-refractivity contribution < 1.29 is 77.7 Å². The molecule has 0 bridgehead atoms. The van der Waals surface area contributed by atoms with Crippen LogP contribution in [0.4, 0.5) is 0 Å². The molecule has 19 unspecified atom stereocenters. The third-order valence-corrected chi connectivity index (χ3v) is 14.4. The van der Waals surface area contributed by atoms with E-state index in [1.807, 2.05) is 0 Å². The van der Waals surface area contributed by atoms with Crippen LogP contribution in [0.25, 0.3) is 0 Å². The first-order valence-corrected chi connectivity index (χ1v) is 19.8. The van der Waals surface area contributed by atoms with E-state index in [1.165, 1.54) is 0 Å². The van der Waals surface area contributed by atoms with E-state index in [0.717, 1.165) is 51.4 Å². The predicted octanol–water partition coefficient (Wildman–Crippen LogP) is 2.40. The fourth-order valence-corrected chi connectivity index (χ4v) is 11.2. The molecule has 10 nitrogen and oxygen atoms in total. The van der Waals surface area contributed by atoms with Gasteiger partial charge in [0.1, 0.15) is 0 Å². The third kappa shape index (κ3) is 7.92. The Hall–Kier alpha value is 0.150. The molecule has 0 aromatic carbocycles. The van der Waals surface area contributed by atoms with Gasteiger partial charge in [-0.15, -0.1) is 0 Å². The van der Waals surface area contributed by atoms with Crippen LogP contribution < -0.4 is 34.7 Å². The molecule has 288 valence electrons. The van der Waals surface area contributed by atoms with Crippen molar-refractivity contribution in [2.24, 2.45) is 41.4 Å². The Kier molecular flexibility index (Phi) is 12.9. The van der Waals surface area contributed by atoms with E-state index in [4.69, 9.17) is 33.2 Å². The van der Waals surface area contributed by atoms with E-state index in [0.29, 0.717) is 12.3 Å². The van der Waals surface area contributed by atoms with Crippen LogP contribution >= 0.6 is 0 Å². The molecular formula is C40H67NaO10. The maximum absolute atomic E-state index is 11.7. The van der Waals surface area contributed by atoms with Crippen LogP contribution in [-0.4, -0.2) is 89.8 Å². The summed E-state index contributed by atoms with van der Waals surface area (Å²) in [6.07, 6.45) is 6.40. The summed E-state index contributed by atoms with van der Waals surface area (Å²) in [5.41, 5.74) is -1.03. The van der Waals surface area contributed by atoms with Gasteiger partial charge in [0.25, 0.3) is 0 Å².